The van der Waals surface area contributed by atoms with Gasteiger partial charge in [0.1, 0.15) is 6.04 Å². The molecule has 1 unspecified atom stereocenters. The highest BCUT2D eigenvalue weighted by Crippen LogP contribution is 1.91. The maximum absolute atomic E-state index is 11.6. The minimum atomic E-state index is -1.22. The molecule has 7 nitrogen and oxygen atoms in total. The van der Waals surface area contributed by atoms with Gasteiger partial charge in [0.2, 0.25) is 5.91 Å². The largest absolute Gasteiger partial charge is 0.480 e. The molecule has 0 radical (unpaired) electrons. The SMILES string of the molecule is C#CCC(NC(=O)NCC(=O)N(CC)CC)C(=O)O. The van der Waals surface area contributed by atoms with Gasteiger partial charge in [-0.3, -0.25) is 4.79 Å². The summed E-state index contributed by atoms with van der Waals surface area (Å²) >= 11 is 0. The van der Waals surface area contributed by atoms with Crippen LogP contribution in [0.2, 0.25) is 0 Å². The van der Waals surface area contributed by atoms with E-state index >= 15 is 0 Å². The molecule has 19 heavy (non-hydrogen) atoms. The summed E-state index contributed by atoms with van der Waals surface area (Å²) in [6.07, 6.45) is 4.88. The van der Waals surface area contributed by atoms with Gasteiger partial charge in [-0.15, -0.1) is 12.3 Å². The molecule has 0 aliphatic rings. The zero-order valence-electron chi connectivity index (χ0n) is 11.1. The van der Waals surface area contributed by atoms with Crippen LogP contribution in [0, 0.1) is 12.3 Å². The van der Waals surface area contributed by atoms with Crippen molar-refractivity contribution in [1.82, 2.24) is 15.5 Å². The zero-order valence-corrected chi connectivity index (χ0v) is 11.1. The molecule has 106 valence electrons. The molecule has 1 atom stereocenters. The van der Waals surface area contributed by atoms with Crippen molar-refractivity contribution >= 4 is 17.9 Å². The van der Waals surface area contributed by atoms with E-state index in [1.54, 1.807) is 4.90 Å². The van der Waals surface area contributed by atoms with Gasteiger partial charge >= 0.3 is 12.0 Å². The smallest absolute Gasteiger partial charge is 0.327 e. The fourth-order valence-corrected chi connectivity index (χ4v) is 1.37. The number of carbonyl (C=O) groups is 3. The molecule has 0 aromatic carbocycles. The van der Waals surface area contributed by atoms with Gasteiger partial charge in [0.25, 0.3) is 0 Å². The third kappa shape index (κ3) is 6.31. The van der Waals surface area contributed by atoms with Gasteiger partial charge in [0, 0.05) is 19.5 Å². The third-order valence-corrected chi connectivity index (χ3v) is 2.44. The first-order chi connectivity index (χ1) is 8.96. The predicted molar refractivity (Wildman–Crippen MR) is 69.3 cm³/mol. The average Bonchev–Trinajstić information content (AvgIpc) is 2.37. The molecule has 0 aromatic rings. The summed E-state index contributed by atoms with van der Waals surface area (Å²) in [5.74, 6) is 0.706. The molecular formula is C12H19N3O4. The lowest BCUT2D eigenvalue weighted by molar-refractivity contribution is -0.139. The van der Waals surface area contributed by atoms with Gasteiger partial charge in [-0.1, -0.05) is 0 Å². The lowest BCUT2D eigenvalue weighted by Crippen LogP contribution is -2.48. The summed E-state index contributed by atoms with van der Waals surface area (Å²) in [7, 11) is 0. The van der Waals surface area contributed by atoms with E-state index in [-0.39, 0.29) is 18.9 Å². The zero-order chi connectivity index (χ0) is 14.8. The summed E-state index contributed by atoms with van der Waals surface area (Å²) in [6.45, 7) is 4.57. The van der Waals surface area contributed by atoms with Crippen LogP contribution in [0.5, 0.6) is 0 Å². The van der Waals surface area contributed by atoms with Crippen molar-refractivity contribution in [1.29, 1.82) is 0 Å². The first-order valence-electron chi connectivity index (χ1n) is 5.94. The van der Waals surface area contributed by atoms with Crippen molar-refractivity contribution < 1.29 is 19.5 Å². The van der Waals surface area contributed by atoms with Crippen LogP contribution >= 0.6 is 0 Å². The molecule has 3 N–H and O–H groups in total. The number of urea groups is 1. The Hall–Kier alpha value is -2.23. The van der Waals surface area contributed by atoms with Crippen molar-refractivity contribution in [3.63, 3.8) is 0 Å². The summed E-state index contributed by atoms with van der Waals surface area (Å²) in [5.41, 5.74) is 0. The number of amides is 3. The normalized spacial score (nSPS) is 11.0. The van der Waals surface area contributed by atoms with Gasteiger partial charge in [-0.25, -0.2) is 9.59 Å². The highest BCUT2D eigenvalue weighted by Gasteiger charge is 2.19. The number of aliphatic carboxylic acids is 1. The molecule has 0 aliphatic heterocycles. The maximum Gasteiger partial charge on any atom is 0.327 e. The Kier molecular flexibility index (Phi) is 7.77. The lowest BCUT2D eigenvalue weighted by Gasteiger charge is -2.19. The van der Waals surface area contributed by atoms with Crippen molar-refractivity contribution in [2.75, 3.05) is 19.6 Å². The standard InChI is InChI=1S/C12H19N3O4/c1-4-7-9(11(17)18)14-12(19)13-8-10(16)15(5-2)6-3/h1,9H,5-8H2,2-3H3,(H,17,18)(H2,13,14,19). The number of carboxylic acids is 1. The number of likely N-dealkylation sites (N-methyl/N-ethyl adjacent to an activating group) is 1. The fraction of sp³-hybridized carbons (Fsp3) is 0.583. The topological polar surface area (TPSA) is 98.7 Å². The Labute approximate surface area is 112 Å². The summed E-state index contributed by atoms with van der Waals surface area (Å²) < 4.78 is 0. The third-order valence-electron chi connectivity index (χ3n) is 2.44. The van der Waals surface area contributed by atoms with Gasteiger partial charge < -0.3 is 20.6 Å². The predicted octanol–water partition coefficient (Wildman–Crippen LogP) is -0.369. The van der Waals surface area contributed by atoms with Crippen molar-refractivity contribution in [3.8, 4) is 12.3 Å². The highest BCUT2D eigenvalue weighted by atomic mass is 16.4. The Morgan fingerprint density at radius 3 is 2.32 bits per heavy atom. The molecule has 7 heteroatoms. The first-order valence-corrected chi connectivity index (χ1v) is 5.94. The van der Waals surface area contributed by atoms with E-state index in [1.165, 1.54) is 0 Å². The maximum atomic E-state index is 11.6. The van der Waals surface area contributed by atoms with E-state index in [0.29, 0.717) is 13.1 Å². The van der Waals surface area contributed by atoms with Crippen LogP contribution in [0.3, 0.4) is 0 Å². The van der Waals surface area contributed by atoms with Gasteiger partial charge in [-0.05, 0) is 13.8 Å². The van der Waals surface area contributed by atoms with Crippen LogP contribution in [0.4, 0.5) is 4.79 Å². The number of hydrogen-bond donors (Lipinski definition) is 3. The molecular weight excluding hydrogens is 250 g/mol. The second-order valence-electron chi connectivity index (χ2n) is 3.69. The number of carbonyl (C=O) groups excluding carboxylic acids is 2. The monoisotopic (exact) mass is 269 g/mol. The van der Waals surface area contributed by atoms with Crippen LogP contribution < -0.4 is 10.6 Å². The molecule has 0 saturated carbocycles. The fourth-order valence-electron chi connectivity index (χ4n) is 1.37. The number of rotatable bonds is 7. The number of nitrogens with zero attached hydrogens (tertiary/aromatic N) is 1. The van der Waals surface area contributed by atoms with Crippen LogP contribution in [-0.2, 0) is 9.59 Å². The average molecular weight is 269 g/mol. The highest BCUT2D eigenvalue weighted by molar-refractivity contribution is 5.86. The van der Waals surface area contributed by atoms with E-state index in [1.807, 2.05) is 13.8 Å². The second kappa shape index (κ2) is 8.80. The molecule has 0 heterocycles. The first kappa shape index (κ1) is 16.8. The van der Waals surface area contributed by atoms with Crippen molar-refractivity contribution in [2.24, 2.45) is 0 Å². The van der Waals surface area contributed by atoms with Crippen LogP contribution in [0.15, 0.2) is 0 Å². The molecule has 0 aliphatic carbocycles. The van der Waals surface area contributed by atoms with Crippen molar-refractivity contribution in [3.05, 3.63) is 0 Å². The number of nitrogens with one attached hydrogen (secondary N) is 2. The minimum Gasteiger partial charge on any atom is -0.480 e. The second-order valence-corrected chi connectivity index (χ2v) is 3.69. The van der Waals surface area contributed by atoms with Crippen LogP contribution in [0.1, 0.15) is 20.3 Å². The molecule has 0 rings (SSSR count). The van der Waals surface area contributed by atoms with E-state index in [4.69, 9.17) is 11.5 Å². The Morgan fingerprint density at radius 2 is 1.89 bits per heavy atom. The van der Waals surface area contributed by atoms with E-state index < -0.39 is 18.0 Å². The molecule has 0 spiro atoms. The lowest BCUT2D eigenvalue weighted by atomic mass is 10.2. The van der Waals surface area contributed by atoms with E-state index in [2.05, 4.69) is 16.6 Å². The van der Waals surface area contributed by atoms with Gasteiger partial charge in [0.05, 0.1) is 6.54 Å². The molecule has 3 amide bonds. The van der Waals surface area contributed by atoms with Crippen LogP contribution in [-0.4, -0.2) is 53.6 Å². The number of hydrogen-bond acceptors (Lipinski definition) is 3. The minimum absolute atomic E-state index is 0.118. The number of carboxylic acid groups (broad SMARTS) is 1. The Balaban J connectivity index is 4.21. The summed E-state index contributed by atoms with van der Waals surface area (Å²) in [5, 5.41) is 13.3. The van der Waals surface area contributed by atoms with E-state index in [9.17, 15) is 14.4 Å². The van der Waals surface area contributed by atoms with Gasteiger partial charge in [-0.2, -0.15) is 0 Å². The molecule has 0 aromatic heterocycles. The molecule has 0 saturated heterocycles. The molecule has 0 bridgehead atoms. The quantitative estimate of drug-likeness (QED) is 0.549. The Bertz CT molecular complexity index is 372. The number of terminal acetylenes is 1. The van der Waals surface area contributed by atoms with Crippen LogP contribution in [0.25, 0.3) is 0 Å². The van der Waals surface area contributed by atoms with Gasteiger partial charge in [0.15, 0.2) is 0 Å². The van der Waals surface area contributed by atoms with Crippen molar-refractivity contribution in [2.45, 2.75) is 26.3 Å². The molecule has 0 fully saturated rings. The summed E-state index contributed by atoms with van der Waals surface area (Å²) in [4.78, 5) is 35.3. The van der Waals surface area contributed by atoms with E-state index in [0.717, 1.165) is 0 Å². The Morgan fingerprint density at radius 1 is 1.32 bits per heavy atom. The summed E-state index contributed by atoms with van der Waals surface area (Å²) in [6, 6.07) is -1.89.